The van der Waals surface area contributed by atoms with E-state index in [1.807, 2.05) is 37.3 Å². The zero-order valence-electron chi connectivity index (χ0n) is 12.4. The monoisotopic (exact) mass is 323 g/mol. The van der Waals surface area contributed by atoms with Crippen molar-refractivity contribution in [3.8, 4) is 0 Å². The molecular weight excluding hydrogens is 305 g/mol. The fourth-order valence-corrected chi connectivity index (χ4v) is 3.38. The summed E-state index contributed by atoms with van der Waals surface area (Å²) in [5.74, 6) is -0.157. The number of rotatable bonds is 5. The van der Waals surface area contributed by atoms with Crippen LogP contribution in [-0.4, -0.2) is 6.54 Å². The summed E-state index contributed by atoms with van der Waals surface area (Å²) >= 11 is 7.55. The van der Waals surface area contributed by atoms with Crippen molar-refractivity contribution in [3.05, 3.63) is 58.4 Å². The highest BCUT2D eigenvalue weighted by molar-refractivity contribution is 7.99. The summed E-state index contributed by atoms with van der Waals surface area (Å²) in [4.78, 5) is 2.17. The average molecular weight is 324 g/mol. The molecule has 0 aliphatic carbocycles. The second-order valence-electron chi connectivity index (χ2n) is 4.97. The van der Waals surface area contributed by atoms with E-state index >= 15 is 0 Å². The van der Waals surface area contributed by atoms with Gasteiger partial charge in [-0.05, 0) is 67.9 Å². The molecule has 2 rings (SSSR count). The number of hydrogen-bond acceptors (Lipinski definition) is 2. The Morgan fingerprint density at radius 3 is 2.52 bits per heavy atom. The number of nitrogens with one attached hydrogen (secondary N) is 1. The summed E-state index contributed by atoms with van der Waals surface area (Å²) < 4.78 is 13.9. The zero-order valence-corrected chi connectivity index (χ0v) is 14.0. The van der Waals surface area contributed by atoms with E-state index in [1.54, 1.807) is 24.8 Å². The Morgan fingerprint density at radius 2 is 1.90 bits per heavy atom. The summed E-state index contributed by atoms with van der Waals surface area (Å²) in [5, 5.41) is 4.06. The van der Waals surface area contributed by atoms with Crippen molar-refractivity contribution < 1.29 is 4.39 Å². The first-order valence-corrected chi connectivity index (χ1v) is 8.17. The van der Waals surface area contributed by atoms with Crippen LogP contribution in [-0.2, 0) is 0 Å². The molecule has 2 aromatic carbocycles. The lowest BCUT2D eigenvalue weighted by atomic mass is 10.1. The van der Waals surface area contributed by atoms with Crippen LogP contribution in [0.5, 0.6) is 0 Å². The van der Waals surface area contributed by atoms with Gasteiger partial charge in [0.05, 0.1) is 0 Å². The van der Waals surface area contributed by atoms with Crippen LogP contribution in [0.2, 0.25) is 5.02 Å². The molecule has 0 spiro atoms. The van der Waals surface area contributed by atoms with E-state index in [0.717, 1.165) is 26.9 Å². The minimum atomic E-state index is -0.157. The van der Waals surface area contributed by atoms with Crippen molar-refractivity contribution in [2.75, 3.05) is 6.54 Å². The fraction of sp³-hybridized carbons (Fsp3) is 0.294. The van der Waals surface area contributed by atoms with Crippen LogP contribution in [0.3, 0.4) is 0 Å². The number of hydrogen-bond donors (Lipinski definition) is 1. The lowest BCUT2D eigenvalue weighted by molar-refractivity contribution is 0.571. The molecule has 0 aliphatic heterocycles. The van der Waals surface area contributed by atoms with Crippen LogP contribution in [0.25, 0.3) is 0 Å². The van der Waals surface area contributed by atoms with Gasteiger partial charge in [0, 0.05) is 20.9 Å². The summed E-state index contributed by atoms with van der Waals surface area (Å²) in [6.07, 6.45) is 0. The minimum Gasteiger partial charge on any atom is -0.310 e. The van der Waals surface area contributed by atoms with Gasteiger partial charge in [-0.25, -0.2) is 4.39 Å². The molecule has 1 atom stereocenters. The second-order valence-corrected chi connectivity index (χ2v) is 6.53. The van der Waals surface area contributed by atoms with Gasteiger partial charge in [0.25, 0.3) is 0 Å². The van der Waals surface area contributed by atoms with Crippen LogP contribution < -0.4 is 5.32 Å². The third-order valence-corrected chi connectivity index (χ3v) is 4.64. The average Bonchev–Trinajstić information content (AvgIpc) is 2.45. The molecule has 0 aliphatic rings. The van der Waals surface area contributed by atoms with Crippen molar-refractivity contribution in [1.29, 1.82) is 0 Å². The first kappa shape index (κ1) is 16.3. The summed E-state index contributed by atoms with van der Waals surface area (Å²) in [6.45, 7) is 6.75. The highest BCUT2D eigenvalue weighted by Crippen LogP contribution is 2.35. The van der Waals surface area contributed by atoms with Crippen LogP contribution >= 0.6 is 23.4 Å². The van der Waals surface area contributed by atoms with Gasteiger partial charge in [-0.3, -0.25) is 0 Å². The van der Waals surface area contributed by atoms with Crippen molar-refractivity contribution in [3.63, 3.8) is 0 Å². The van der Waals surface area contributed by atoms with Crippen molar-refractivity contribution in [2.24, 2.45) is 0 Å². The second kappa shape index (κ2) is 7.30. The highest BCUT2D eigenvalue weighted by atomic mass is 35.5. The Labute approximate surface area is 134 Å². The Hall–Kier alpha value is -1.03. The molecular formula is C17H19ClFNS. The molecule has 0 radical (unpaired) electrons. The SMILES string of the molecule is CCNC(C)c1cc(F)c(C)cc1Sc1ccc(Cl)cc1. The van der Waals surface area contributed by atoms with E-state index in [0.29, 0.717) is 5.56 Å². The lowest BCUT2D eigenvalue weighted by Crippen LogP contribution is -2.18. The third kappa shape index (κ3) is 4.22. The highest BCUT2D eigenvalue weighted by Gasteiger charge is 2.14. The van der Waals surface area contributed by atoms with Crippen molar-refractivity contribution in [1.82, 2.24) is 5.32 Å². The maximum atomic E-state index is 13.9. The molecule has 21 heavy (non-hydrogen) atoms. The Morgan fingerprint density at radius 1 is 1.24 bits per heavy atom. The van der Waals surface area contributed by atoms with E-state index in [4.69, 9.17) is 11.6 Å². The van der Waals surface area contributed by atoms with E-state index in [9.17, 15) is 4.39 Å². The molecule has 0 saturated carbocycles. The Bertz CT molecular complexity index is 613. The Balaban J connectivity index is 2.36. The van der Waals surface area contributed by atoms with Crippen molar-refractivity contribution in [2.45, 2.75) is 36.6 Å². The fourth-order valence-electron chi connectivity index (χ4n) is 2.14. The summed E-state index contributed by atoms with van der Waals surface area (Å²) in [6, 6.07) is 11.4. The van der Waals surface area contributed by atoms with Gasteiger partial charge >= 0.3 is 0 Å². The first-order valence-electron chi connectivity index (χ1n) is 6.98. The van der Waals surface area contributed by atoms with Crippen LogP contribution in [0.4, 0.5) is 4.39 Å². The number of aryl methyl sites for hydroxylation is 1. The van der Waals surface area contributed by atoms with Crippen molar-refractivity contribution >= 4 is 23.4 Å². The molecule has 0 bridgehead atoms. The number of halogens is 2. The molecule has 0 amide bonds. The van der Waals surface area contributed by atoms with E-state index in [1.165, 1.54) is 0 Å². The normalized spacial score (nSPS) is 12.4. The lowest BCUT2D eigenvalue weighted by Gasteiger charge is -2.18. The van der Waals surface area contributed by atoms with Gasteiger partial charge in [-0.1, -0.05) is 30.3 Å². The maximum absolute atomic E-state index is 13.9. The van der Waals surface area contributed by atoms with Gasteiger partial charge in [-0.15, -0.1) is 0 Å². The third-order valence-electron chi connectivity index (χ3n) is 3.31. The molecule has 0 fully saturated rings. The summed E-state index contributed by atoms with van der Waals surface area (Å²) in [5.41, 5.74) is 1.65. The van der Waals surface area contributed by atoms with Gasteiger partial charge < -0.3 is 5.32 Å². The van der Waals surface area contributed by atoms with Crippen LogP contribution in [0, 0.1) is 12.7 Å². The van der Waals surface area contributed by atoms with E-state index < -0.39 is 0 Å². The minimum absolute atomic E-state index is 0.111. The molecule has 1 N–H and O–H groups in total. The molecule has 1 unspecified atom stereocenters. The molecule has 0 aromatic heterocycles. The largest absolute Gasteiger partial charge is 0.310 e. The van der Waals surface area contributed by atoms with Gasteiger partial charge in [0.1, 0.15) is 5.82 Å². The molecule has 112 valence electrons. The molecule has 0 saturated heterocycles. The molecule has 2 aromatic rings. The molecule has 1 nitrogen and oxygen atoms in total. The standard InChI is InChI=1S/C17H19ClFNS/c1-4-20-12(3)15-10-16(19)11(2)9-17(15)21-14-7-5-13(18)6-8-14/h5-10,12,20H,4H2,1-3H3. The molecule has 4 heteroatoms. The van der Waals surface area contributed by atoms with E-state index in [2.05, 4.69) is 12.2 Å². The zero-order chi connectivity index (χ0) is 15.4. The topological polar surface area (TPSA) is 12.0 Å². The van der Waals surface area contributed by atoms with Gasteiger partial charge in [0.15, 0.2) is 0 Å². The van der Waals surface area contributed by atoms with Gasteiger partial charge in [-0.2, -0.15) is 0 Å². The van der Waals surface area contributed by atoms with Crippen LogP contribution in [0.1, 0.15) is 31.0 Å². The Kier molecular flexibility index (Phi) is 5.68. The maximum Gasteiger partial charge on any atom is 0.126 e. The summed E-state index contributed by atoms with van der Waals surface area (Å²) in [7, 11) is 0. The van der Waals surface area contributed by atoms with Gasteiger partial charge in [0.2, 0.25) is 0 Å². The first-order chi connectivity index (χ1) is 10.0. The van der Waals surface area contributed by atoms with E-state index in [-0.39, 0.29) is 11.9 Å². The predicted octanol–water partition coefficient (Wildman–Crippen LogP) is 5.61. The smallest absolute Gasteiger partial charge is 0.126 e. The predicted molar refractivity (Wildman–Crippen MR) is 88.8 cm³/mol. The van der Waals surface area contributed by atoms with Crippen LogP contribution in [0.15, 0.2) is 46.2 Å². The molecule has 0 heterocycles. The quantitative estimate of drug-likeness (QED) is 0.767. The number of benzene rings is 2.